The second-order valence-electron chi connectivity index (χ2n) is 3.92. The van der Waals surface area contributed by atoms with Gasteiger partial charge in [0.2, 0.25) is 0 Å². The molecule has 1 aromatic rings. The van der Waals surface area contributed by atoms with Gasteiger partial charge >= 0.3 is 0 Å². The number of nitrogens with two attached hydrogens (primary N) is 1. The summed E-state index contributed by atoms with van der Waals surface area (Å²) in [6, 6.07) is 6.05. The van der Waals surface area contributed by atoms with Gasteiger partial charge in [0.1, 0.15) is 6.17 Å². The molecule has 0 saturated heterocycles. The Morgan fingerprint density at radius 1 is 1.19 bits per heavy atom. The van der Waals surface area contributed by atoms with Crippen molar-refractivity contribution in [2.24, 2.45) is 5.73 Å². The highest BCUT2D eigenvalue weighted by Gasteiger charge is 2.32. The Balaban J connectivity index is 2.47. The van der Waals surface area contributed by atoms with Crippen LogP contribution in [-0.4, -0.2) is 25.8 Å². The van der Waals surface area contributed by atoms with Crippen LogP contribution in [0.25, 0.3) is 0 Å². The summed E-state index contributed by atoms with van der Waals surface area (Å²) in [5, 5.41) is 0.783. The third-order valence-electron chi connectivity index (χ3n) is 3.17. The number of rotatable bonds is 3. The maximum atomic E-state index is 6.05. The van der Waals surface area contributed by atoms with Gasteiger partial charge in [0.15, 0.2) is 0 Å². The molecule has 0 aromatic heterocycles. The summed E-state index contributed by atoms with van der Waals surface area (Å²) in [5.41, 5.74) is 8.31. The van der Waals surface area contributed by atoms with Crippen LogP contribution in [0.15, 0.2) is 18.2 Å². The van der Waals surface area contributed by atoms with E-state index in [0.29, 0.717) is 6.54 Å². The van der Waals surface area contributed by atoms with Gasteiger partial charge in [-0.3, -0.25) is 0 Å². The number of hydrogen-bond acceptors (Lipinski definition) is 3. The van der Waals surface area contributed by atoms with Gasteiger partial charge in [-0.1, -0.05) is 11.6 Å². The van der Waals surface area contributed by atoms with E-state index in [1.165, 1.54) is 11.4 Å². The molecule has 2 rings (SSSR count). The molecule has 1 aliphatic rings. The molecule has 3 nitrogen and oxygen atoms in total. The first-order chi connectivity index (χ1) is 7.72. The maximum absolute atomic E-state index is 6.05. The molecule has 1 heterocycles. The first kappa shape index (κ1) is 11.6. The summed E-state index contributed by atoms with van der Waals surface area (Å²) < 4.78 is 0. The predicted molar refractivity (Wildman–Crippen MR) is 70.3 cm³/mol. The van der Waals surface area contributed by atoms with Gasteiger partial charge in [0, 0.05) is 24.7 Å². The summed E-state index contributed by atoms with van der Waals surface area (Å²) in [6.45, 7) is 6.85. The lowest BCUT2D eigenvalue weighted by atomic mass is 10.2. The zero-order chi connectivity index (χ0) is 11.7. The topological polar surface area (TPSA) is 32.5 Å². The SMILES string of the molecule is CCN1c2ccc(Cl)cc2N(CC)C1CN. The number of likely N-dealkylation sites (N-methyl/N-ethyl adjacent to an activating group) is 2. The molecule has 0 radical (unpaired) electrons. The first-order valence-corrected chi connectivity index (χ1v) is 6.13. The molecule has 0 spiro atoms. The fourth-order valence-electron chi connectivity index (χ4n) is 2.48. The molecule has 1 atom stereocenters. The molecule has 0 fully saturated rings. The normalized spacial score (nSPS) is 19.1. The van der Waals surface area contributed by atoms with Crippen molar-refractivity contribution < 1.29 is 0 Å². The summed E-state index contributed by atoms with van der Waals surface area (Å²) >= 11 is 6.05. The van der Waals surface area contributed by atoms with Crippen molar-refractivity contribution >= 4 is 23.0 Å². The first-order valence-electron chi connectivity index (χ1n) is 5.75. The zero-order valence-corrected chi connectivity index (χ0v) is 10.5. The van der Waals surface area contributed by atoms with E-state index in [2.05, 4.69) is 29.7 Å². The molecular weight excluding hydrogens is 222 g/mol. The average Bonchev–Trinajstić information content (AvgIpc) is 2.60. The van der Waals surface area contributed by atoms with Gasteiger partial charge < -0.3 is 15.5 Å². The second-order valence-corrected chi connectivity index (χ2v) is 4.36. The van der Waals surface area contributed by atoms with Crippen LogP contribution in [0.2, 0.25) is 5.02 Å². The van der Waals surface area contributed by atoms with E-state index in [1.54, 1.807) is 0 Å². The van der Waals surface area contributed by atoms with E-state index >= 15 is 0 Å². The zero-order valence-electron chi connectivity index (χ0n) is 9.78. The monoisotopic (exact) mass is 239 g/mol. The fourth-order valence-corrected chi connectivity index (χ4v) is 2.64. The van der Waals surface area contributed by atoms with Crippen molar-refractivity contribution in [1.29, 1.82) is 0 Å². The lowest BCUT2D eigenvalue weighted by molar-refractivity contribution is 0.605. The average molecular weight is 240 g/mol. The van der Waals surface area contributed by atoms with Crippen LogP contribution in [0.5, 0.6) is 0 Å². The Kier molecular flexibility index (Phi) is 3.26. The van der Waals surface area contributed by atoms with Crippen LogP contribution in [-0.2, 0) is 0 Å². The molecule has 0 saturated carbocycles. The summed E-state index contributed by atoms with van der Waals surface area (Å²) in [6.07, 6.45) is 0.267. The van der Waals surface area contributed by atoms with Gasteiger partial charge in [-0.2, -0.15) is 0 Å². The summed E-state index contributed by atoms with van der Waals surface area (Å²) in [5.74, 6) is 0. The number of halogens is 1. The Bertz CT molecular complexity index is 381. The van der Waals surface area contributed by atoms with Crippen LogP contribution in [0, 0.1) is 0 Å². The van der Waals surface area contributed by atoms with Crippen LogP contribution in [0.3, 0.4) is 0 Å². The molecule has 1 aliphatic heterocycles. The fraction of sp³-hybridized carbons (Fsp3) is 0.500. The minimum atomic E-state index is 0.267. The number of benzene rings is 1. The van der Waals surface area contributed by atoms with E-state index in [0.717, 1.165) is 18.1 Å². The molecule has 0 bridgehead atoms. The van der Waals surface area contributed by atoms with Crippen LogP contribution in [0.1, 0.15) is 13.8 Å². The summed E-state index contributed by atoms with van der Waals surface area (Å²) in [7, 11) is 0. The van der Waals surface area contributed by atoms with E-state index in [4.69, 9.17) is 17.3 Å². The van der Waals surface area contributed by atoms with E-state index in [9.17, 15) is 0 Å². The highest BCUT2D eigenvalue weighted by Crippen LogP contribution is 2.40. The van der Waals surface area contributed by atoms with Crippen molar-refractivity contribution in [2.45, 2.75) is 20.0 Å². The molecule has 16 heavy (non-hydrogen) atoms. The third-order valence-corrected chi connectivity index (χ3v) is 3.40. The van der Waals surface area contributed by atoms with Crippen LogP contribution in [0.4, 0.5) is 11.4 Å². The number of nitrogens with zero attached hydrogens (tertiary/aromatic N) is 2. The summed E-state index contributed by atoms with van der Waals surface area (Å²) in [4.78, 5) is 4.64. The minimum absolute atomic E-state index is 0.267. The number of fused-ring (bicyclic) bond motifs is 1. The predicted octanol–water partition coefficient (Wildman–Crippen LogP) is 2.29. The van der Waals surface area contributed by atoms with Gasteiger partial charge in [-0.25, -0.2) is 0 Å². The molecule has 0 amide bonds. The van der Waals surface area contributed by atoms with Crippen LogP contribution >= 0.6 is 11.6 Å². The van der Waals surface area contributed by atoms with E-state index in [-0.39, 0.29) is 6.17 Å². The van der Waals surface area contributed by atoms with Crippen molar-refractivity contribution in [3.05, 3.63) is 23.2 Å². The van der Waals surface area contributed by atoms with Gasteiger partial charge in [0.25, 0.3) is 0 Å². The molecule has 1 aromatic carbocycles. The van der Waals surface area contributed by atoms with Crippen molar-refractivity contribution in [3.63, 3.8) is 0 Å². The van der Waals surface area contributed by atoms with Crippen LogP contribution < -0.4 is 15.5 Å². The lowest BCUT2D eigenvalue weighted by Crippen LogP contribution is -2.48. The van der Waals surface area contributed by atoms with Gasteiger partial charge in [0.05, 0.1) is 11.4 Å². The van der Waals surface area contributed by atoms with Crippen molar-refractivity contribution in [2.75, 3.05) is 29.4 Å². The molecule has 88 valence electrons. The van der Waals surface area contributed by atoms with E-state index in [1.807, 2.05) is 12.1 Å². The Morgan fingerprint density at radius 2 is 1.81 bits per heavy atom. The Labute approximate surface area is 102 Å². The third kappa shape index (κ3) is 1.64. The molecule has 0 aliphatic carbocycles. The number of anilines is 2. The Morgan fingerprint density at radius 3 is 2.38 bits per heavy atom. The largest absolute Gasteiger partial charge is 0.349 e. The smallest absolute Gasteiger partial charge is 0.114 e. The van der Waals surface area contributed by atoms with E-state index < -0.39 is 0 Å². The second kappa shape index (κ2) is 4.52. The molecule has 1 unspecified atom stereocenters. The Hall–Kier alpha value is -0.930. The lowest BCUT2D eigenvalue weighted by Gasteiger charge is -2.30. The van der Waals surface area contributed by atoms with Gasteiger partial charge in [-0.15, -0.1) is 0 Å². The highest BCUT2D eigenvalue weighted by molar-refractivity contribution is 6.31. The van der Waals surface area contributed by atoms with Crippen molar-refractivity contribution in [1.82, 2.24) is 0 Å². The number of hydrogen-bond donors (Lipinski definition) is 1. The standard InChI is InChI=1S/C12H18ClN3/c1-3-15-10-6-5-9(13)7-11(10)16(4-2)12(15)8-14/h5-7,12H,3-4,8,14H2,1-2H3. The molecule has 2 N–H and O–H groups in total. The van der Waals surface area contributed by atoms with Gasteiger partial charge in [-0.05, 0) is 32.0 Å². The quantitative estimate of drug-likeness (QED) is 0.879. The molecule has 4 heteroatoms. The minimum Gasteiger partial charge on any atom is -0.349 e. The van der Waals surface area contributed by atoms with Crippen molar-refractivity contribution in [3.8, 4) is 0 Å². The maximum Gasteiger partial charge on any atom is 0.114 e. The molecular formula is C12H18ClN3. The highest BCUT2D eigenvalue weighted by atomic mass is 35.5.